The maximum atomic E-state index is 14.5. The molecule has 0 aliphatic carbocycles. The molecule has 0 aliphatic heterocycles. The van der Waals surface area contributed by atoms with Crippen molar-refractivity contribution in [2.75, 3.05) is 20.1 Å². The second-order valence-corrected chi connectivity index (χ2v) is 14.7. The second kappa shape index (κ2) is 22.0. The number of hydrogen-bond donors (Lipinski definition) is 7. The van der Waals surface area contributed by atoms with E-state index in [1.807, 2.05) is 122 Å². The zero-order chi connectivity index (χ0) is 41.3. The lowest BCUT2D eigenvalue weighted by molar-refractivity contribution is -0.134. The van der Waals surface area contributed by atoms with E-state index < -0.39 is 47.8 Å². The third-order valence-corrected chi connectivity index (χ3v) is 10.1. The molecule has 58 heavy (non-hydrogen) atoms. The Hall–Kier alpha value is -6.11. The first-order chi connectivity index (χ1) is 28.1. The topological polar surface area (TPSA) is 198 Å². The molecule has 5 rings (SSSR count). The van der Waals surface area contributed by atoms with Gasteiger partial charge in [0.2, 0.25) is 29.5 Å². The average Bonchev–Trinajstić information content (AvgIpc) is 3.22. The van der Waals surface area contributed by atoms with Crippen molar-refractivity contribution in [3.8, 4) is 0 Å². The van der Waals surface area contributed by atoms with Gasteiger partial charge in [0.15, 0.2) is 0 Å². The number of amides is 5. The molecule has 4 atom stereocenters. The van der Waals surface area contributed by atoms with Gasteiger partial charge in [0.25, 0.3) is 0 Å². The minimum absolute atomic E-state index is 0.0872. The predicted octanol–water partition coefficient (Wildman–Crippen LogP) is 3.57. The van der Waals surface area contributed by atoms with Crippen LogP contribution in [0, 0.1) is 0 Å². The smallest absolute Gasteiger partial charge is 0.243 e. The zero-order valence-corrected chi connectivity index (χ0v) is 33.0. The number of nitrogens with two attached hydrogens (primary N) is 2. The second-order valence-electron chi connectivity index (χ2n) is 14.7. The summed E-state index contributed by atoms with van der Waals surface area (Å²) in [6.45, 7) is 1.06. The van der Waals surface area contributed by atoms with E-state index in [-0.39, 0.29) is 31.6 Å². The van der Waals surface area contributed by atoms with Crippen molar-refractivity contribution in [3.05, 3.63) is 132 Å². The maximum absolute atomic E-state index is 14.5. The molecule has 5 aromatic rings. The zero-order valence-electron chi connectivity index (χ0n) is 33.0. The highest BCUT2D eigenvalue weighted by Gasteiger charge is 2.32. The Balaban J connectivity index is 1.44. The Kier molecular flexibility index (Phi) is 16.3. The van der Waals surface area contributed by atoms with Crippen LogP contribution < -0.4 is 38.1 Å². The molecule has 0 heterocycles. The molecule has 0 saturated carbocycles. The van der Waals surface area contributed by atoms with Gasteiger partial charge in [-0.2, -0.15) is 0 Å². The van der Waals surface area contributed by atoms with Gasteiger partial charge >= 0.3 is 0 Å². The summed E-state index contributed by atoms with van der Waals surface area (Å²) in [5, 5.41) is 18.6. The molecular formula is C46H55N7O5. The largest absolute Gasteiger partial charge is 0.368 e. The van der Waals surface area contributed by atoms with Crippen molar-refractivity contribution in [2.45, 2.75) is 75.5 Å². The fraction of sp³-hybridized carbons (Fsp3) is 0.326. The van der Waals surface area contributed by atoms with E-state index in [1.54, 1.807) is 0 Å². The summed E-state index contributed by atoms with van der Waals surface area (Å²) in [6, 6.07) is 32.4. The minimum atomic E-state index is -1.16. The third-order valence-electron chi connectivity index (χ3n) is 10.1. The van der Waals surface area contributed by atoms with Gasteiger partial charge in [0.1, 0.15) is 24.2 Å². The summed E-state index contributed by atoms with van der Waals surface area (Å²) < 4.78 is 0. The Bertz CT molecular complexity index is 2160. The van der Waals surface area contributed by atoms with Crippen molar-refractivity contribution in [1.29, 1.82) is 0 Å². The normalized spacial score (nSPS) is 13.2. The molecule has 0 fully saturated rings. The highest BCUT2D eigenvalue weighted by molar-refractivity contribution is 5.96. The lowest BCUT2D eigenvalue weighted by Crippen LogP contribution is -2.59. The Morgan fingerprint density at radius 1 is 0.517 bits per heavy atom. The number of fused-ring (bicyclic) bond motifs is 2. The van der Waals surface area contributed by atoms with Crippen molar-refractivity contribution < 1.29 is 24.0 Å². The number of primary amides is 1. The third kappa shape index (κ3) is 13.0. The van der Waals surface area contributed by atoms with Crippen LogP contribution in [0.3, 0.4) is 0 Å². The summed E-state index contributed by atoms with van der Waals surface area (Å²) in [6.07, 6.45) is 2.68. The fourth-order valence-corrected chi connectivity index (χ4v) is 6.97. The summed E-state index contributed by atoms with van der Waals surface area (Å²) in [5.74, 6) is -2.73. The van der Waals surface area contributed by atoms with Crippen molar-refractivity contribution in [3.63, 3.8) is 0 Å². The van der Waals surface area contributed by atoms with Crippen molar-refractivity contribution >= 4 is 51.1 Å². The van der Waals surface area contributed by atoms with Gasteiger partial charge in [-0.25, -0.2) is 0 Å². The Labute approximate surface area is 339 Å². The first-order valence-electron chi connectivity index (χ1n) is 20.0. The van der Waals surface area contributed by atoms with E-state index in [0.717, 1.165) is 38.2 Å². The van der Waals surface area contributed by atoms with E-state index in [0.29, 0.717) is 38.8 Å². The summed E-state index contributed by atoms with van der Waals surface area (Å²) >= 11 is 0. The number of rotatable bonds is 22. The number of benzene rings is 5. The standard InChI is InChI=1S/C46H55N7O5/c1-49-25-11-19-42(54)50-39(29-32-20-22-34-14-5-7-16-36(34)26-32)44(56)53-41(30-33-21-23-35-15-6-8-17-37(35)27-33)46(58)52-40(28-31-12-3-2-4-13-31)45(57)51-38(43(48)55)18-9-10-24-47/h2-8,12-17,20-23,26-27,38-41,49H,9-11,18-19,24-25,28-30,47H2,1H3,(H2,48,55)(H,50,54)(H,51,57)(H,52,58)(H,53,56)/t38-,39?,40-,41+/m0/s1. The van der Waals surface area contributed by atoms with Crippen LogP contribution in [0.25, 0.3) is 21.5 Å². The quantitative estimate of drug-likeness (QED) is 0.0521. The van der Waals surface area contributed by atoms with Gasteiger partial charge in [-0.15, -0.1) is 0 Å². The predicted molar refractivity (Wildman–Crippen MR) is 228 cm³/mol. The summed E-state index contributed by atoms with van der Waals surface area (Å²) in [4.78, 5) is 68.4. The monoisotopic (exact) mass is 785 g/mol. The van der Waals surface area contributed by atoms with Crippen LogP contribution in [-0.2, 0) is 43.2 Å². The number of unbranched alkanes of at least 4 members (excludes halogenated alkanes) is 1. The van der Waals surface area contributed by atoms with Crippen LogP contribution in [0.1, 0.15) is 48.8 Å². The van der Waals surface area contributed by atoms with Crippen molar-refractivity contribution in [2.24, 2.45) is 11.5 Å². The SMILES string of the molecule is CNCCCC(=O)NC(Cc1ccc2ccccc2c1)C(=O)N[C@H](Cc1ccc2ccccc2c1)C(=O)N[C@@H](Cc1ccccc1)C(=O)N[C@@H](CCCCN)C(N)=O. The highest BCUT2D eigenvalue weighted by atomic mass is 16.2. The number of hydrogen-bond acceptors (Lipinski definition) is 7. The molecule has 12 heteroatoms. The van der Waals surface area contributed by atoms with E-state index in [4.69, 9.17) is 11.5 Å². The molecule has 5 aromatic carbocycles. The van der Waals surface area contributed by atoms with Crippen LogP contribution in [0.2, 0.25) is 0 Å². The lowest BCUT2D eigenvalue weighted by atomic mass is 9.98. The number of carbonyl (C=O) groups excluding carboxylic acids is 5. The molecule has 0 spiro atoms. The molecule has 0 saturated heterocycles. The molecule has 0 radical (unpaired) electrons. The van der Waals surface area contributed by atoms with E-state index >= 15 is 0 Å². The highest BCUT2D eigenvalue weighted by Crippen LogP contribution is 2.19. The maximum Gasteiger partial charge on any atom is 0.243 e. The number of carbonyl (C=O) groups is 5. The molecule has 9 N–H and O–H groups in total. The number of nitrogens with one attached hydrogen (secondary N) is 5. The molecule has 0 aliphatic rings. The molecule has 0 bridgehead atoms. The summed E-state index contributed by atoms with van der Waals surface area (Å²) in [7, 11) is 1.81. The van der Waals surface area contributed by atoms with E-state index in [9.17, 15) is 24.0 Å². The van der Waals surface area contributed by atoms with Gasteiger partial charge in [-0.1, -0.05) is 115 Å². The van der Waals surface area contributed by atoms with E-state index in [2.05, 4.69) is 26.6 Å². The van der Waals surface area contributed by atoms with Gasteiger partial charge in [-0.05, 0) is 84.1 Å². The molecule has 304 valence electrons. The Morgan fingerprint density at radius 3 is 1.48 bits per heavy atom. The van der Waals surface area contributed by atoms with Gasteiger partial charge < -0.3 is 38.1 Å². The summed E-state index contributed by atoms with van der Waals surface area (Å²) in [5.41, 5.74) is 13.7. The van der Waals surface area contributed by atoms with Gasteiger partial charge in [0.05, 0.1) is 0 Å². The fourth-order valence-electron chi connectivity index (χ4n) is 6.97. The molecule has 12 nitrogen and oxygen atoms in total. The molecule has 1 unspecified atom stereocenters. The van der Waals surface area contributed by atoms with Crippen LogP contribution in [0.5, 0.6) is 0 Å². The van der Waals surface area contributed by atoms with Gasteiger partial charge in [-0.3, -0.25) is 24.0 Å². The van der Waals surface area contributed by atoms with Crippen LogP contribution in [-0.4, -0.2) is 73.8 Å². The first-order valence-corrected chi connectivity index (χ1v) is 20.0. The molecule has 5 amide bonds. The lowest BCUT2D eigenvalue weighted by Gasteiger charge is -2.27. The molecule has 0 aromatic heterocycles. The first kappa shape index (κ1) is 43.0. The van der Waals surface area contributed by atoms with Crippen molar-refractivity contribution in [1.82, 2.24) is 26.6 Å². The van der Waals surface area contributed by atoms with Gasteiger partial charge in [0, 0.05) is 25.7 Å². The average molecular weight is 786 g/mol. The van der Waals surface area contributed by atoms with Crippen LogP contribution in [0.4, 0.5) is 0 Å². The molecular weight excluding hydrogens is 731 g/mol. The van der Waals surface area contributed by atoms with Crippen LogP contribution >= 0.6 is 0 Å². The van der Waals surface area contributed by atoms with Crippen LogP contribution in [0.15, 0.2) is 115 Å². The van der Waals surface area contributed by atoms with E-state index in [1.165, 1.54) is 0 Å². The Morgan fingerprint density at radius 2 is 0.983 bits per heavy atom. The minimum Gasteiger partial charge on any atom is -0.368 e.